The van der Waals surface area contributed by atoms with Crippen LogP contribution in [0, 0.1) is 0 Å². The molecule has 0 aliphatic rings. The molecule has 3 aromatic heterocycles. The van der Waals surface area contributed by atoms with Crippen molar-refractivity contribution in [1.29, 1.82) is 0 Å². The normalized spacial score (nSPS) is 11.7. The average molecular weight is 325 g/mol. The Morgan fingerprint density at radius 1 is 0.680 bits per heavy atom. The molecule has 0 saturated carbocycles. The molecule has 4 rings (SSSR count). The maximum absolute atomic E-state index is 4.05. The zero-order valence-corrected chi connectivity index (χ0v) is 13.4. The summed E-state index contributed by atoms with van der Waals surface area (Å²) < 4.78 is 0. The van der Waals surface area contributed by atoms with Gasteiger partial charge in [-0.05, 0) is 18.2 Å². The van der Waals surface area contributed by atoms with E-state index in [1.807, 2.05) is 30.4 Å². The Labute approximate surface area is 144 Å². The number of hydrogen-bond donors (Lipinski definition) is 1. The fourth-order valence-electron chi connectivity index (χ4n) is 2.65. The number of nitrogens with zero attached hydrogens (tertiary/aromatic N) is 4. The first kappa shape index (κ1) is 15.0. The van der Waals surface area contributed by atoms with E-state index in [9.17, 15) is 0 Å². The number of hydrogen-bond acceptors (Lipinski definition) is 4. The van der Waals surface area contributed by atoms with Crippen LogP contribution in [0.15, 0.2) is 61.7 Å². The fourth-order valence-corrected chi connectivity index (χ4v) is 2.65. The molecule has 1 N–H and O–H groups in total. The van der Waals surface area contributed by atoms with Gasteiger partial charge in [-0.3, -0.25) is 0 Å². The molecule has 4 aromatic rings. The minimum Gasteiger partial charge on any atom is -0.355 e. The van der Waals surface area contributed by atoms with Crippen LogP contribution in [0.1, 0.15) is 22.4 Å². The minimum absolute atomic E-state index is 0.951. The molecular weight excluding hydrogens is 310 g/mol. The third-order valence-corrected chi connectivity index (χ3v) is 3.82. The predicted octanol–water partition coefficient (Wildman–Crippen LogP) is 4.09. The summed E-state index contributed by atoms with van der Waals surface area (Å²) in [6.45, 7) is 0. The van der Waals surface area contributed by atoms with E-state index in [2.05, 4.69) is 43.1 Å². The number of aromatic amines is 1. The van der Waals surface area contributed by atoms with Crippen molar-refractivity contribution in [3.05, 3.63) is 84.1 Å². The van der Waals surface area contributed by atoms with Gasteiger partial charge < -0.3 is 4.98 Å². The maximum atomic E-state index is 4.05. The number of rotatable bonds is 4. The molecule has 120 valence electrons. The Morgan fingerprint density at radius 2 is 1.28 bits per heavy atom. The SMILES string of the molecule is C(=C\c1[nH]c2ccccc2c1/C=C/c1cncnc1)/c1cncnc1. The molecule has 0 unspecified atom stereocenters. The van der Waals surface area contributed by atoms with Gasteiger partial charge in [0, 0.05) is 58.1 Å². The van der Waals surface area contributed by atoms with E-state index in [1.54, 1.807) is 24.8 Å². The smallest absolute Gasteiger partial charge is 0.115 e. The van der Waals surface area contributed by atoms with Gasteiger partial charge in [-0.25, -0.2) is 19.9 Å². The molecule has 0 bridgehead atoms. The number of nitrogens with one attached hydrogen (secondary N) is 1. The molecule has 25 heavy (non-hydrogen) atoms. The van der Waals surface area contributed by atoms with Crippen LogP contribution in [0.3, 0.4) is 0 Å². The summed E-state index contributed by atoms with van der Waals surface area (Å²) in [6, 6.07) is 8.24. The van der Waals surface area contributed by atoms with Gasteiger partial charge in [-0.2, -0.15) is 0 Å². The number of H-pyrrole nitrogens is 1. The van der Waals surface area contributed by atoms with Crippen LogP contribution >= 0.6 is 0 Å². The Kier molecular flexibility index (Phi) is 4.12. The lowest BCUT2D eigenvalue weighted by Gasteiger charge is -1.96. The highest BCUT2D eigenvalue weighted by molar-refractivity contribution is 5.96. The van der Waals surface area contributed by atoms with E-state index in [1.165, 1.54) is 18.0 Å². The maximum Gasteiger partial charge on any atom is 0.115 e. The molecule has 0 radical (unpaired) electrons. The number of fused-ring (bicyclic) bond motifs is 1. The summed E-state index contributed by atoms with van der Waals surface area (Å²) in [5, 5.41) is 1.17. The predicted molar refractivity (Wildman–Crippen MR) is 100 cm³/mol. The van der Waals surface area contributed by atoms with Gasteiger partial charge in [0.2, 0.25) is 0 Å². The second-order valence-corrected chi connectivity index (χ2v) is 5.51. The Balaban J connectivity index is 1.76. The summed E-state index contributed by atoms with van der Waals surface area (Å²) in [6.07, 6.45) is 18.3. The number of para-hydroxylation sites is 1. The third-order valence-electron chi connectivity index (χ3n) is 3.82. The molecule has 5 nitrogen and oxygen atoms in total. The first-order chi connectivity index (χ1) is 12.4. The summed E-state index contributed by atoms with van der Waals surface area (Å²) in [5.41, 5.74) is 5.15. The average Bonchev–Trinajstić information content (AvgIpc) is 3.04. The van der Waals surface area contributed by atoms with Crippen molar-refractivity contribution in [3.8, 4) is 0 Å². The molecule has 3 heterocycles. The molecule has 0 aliphatic carbocycles. The van der Waals surface area contributed by atoms with Gasteiger partial charge in [-0.15, -0.1) is 0 Å². The second kappa shape index (κ2) is 6.88. The van der Waals surface area contributed by atoms with E-state index in [4.69, 9.17) is 0 Å². The molecule has 0 atom stereocenters. The van der Waals surface area contributed by atoms with Crippen molar-refractivity contribution < 1.29 is 0 Å². The van der Waals surface area contributed by atoms with Crippen LogP contribution in [0.5, 0.6) is 0 Å². The first-order valence-corrected chi connectivity index (χ1v) is 7.87. The molecule has 0 saturated heterocycles. The van der Waals surface area contributed by atoms with Gasteiger partial charge >= 0.3 is 0 Å². The summed E-state index contributed by atoms with van der Waals surface area (Å²) in [5.74, 6) is 0. The van der Waals surface area contributed by atoms with Crippen LogP contribution in [-0.4, -0.2) is 24.9 Å². The first-order valence-electron chi connectivity index (χ1n) is 7.87. The van der Waals surface area contributed by atoms with E-state index in [0.29, 0.717) is 0 Å². The van der Waals surface area contributed by atoms with Gasteiger partial charge in [0.25, 0.3) is 0 Å². The summed E-state index contributed by atoms with van der Waals surface area (Å²) in [7, 11) is 0. The summed E-state index contributed by atoms with van der Waals surface area (Å²) in [4.78, 5) is 19.6. The molecule has 0 amide bonds. The number of benzene rings is 1. The highest BCUT2D eigenvalue weighted by atomic mass is 14.8. The van der Waals surface area contributed by atoms with Crippen LogP contribution in [0.25, 0.3) is 35.2 Å². The van der Waals surface area contributed by atoms with Crippen molar-refractivity contribution in [2.75, 3.05) is 0 Å². The van der Waals surface area contributed by atoms with Crippen LogP contribution in [-0.2, 0) is 0 Å². The Bertz CT molecular complexity index is 1030. The topological polar surface area (TPSA) is 67.3 Å². The van der Waals surface area contributed by atoms with E-state index < -0.39 is 0 Å². The second-order valence-electron chi connectivity index (χ2n) is 5.51. The van der Waals surface area contributed by atoms with Gasteiger partial charge in [-0.1, -0.05) is 30.4 Å². The molecule has 1 aromatic carbocycles. The Hall–Kier alpha value is -3.60. The lowest BCUT2D eigenvalue weighted by molar-refractivity contribution is 1.16. The molecule has 5 heteroatoms. The lowest BCUT2D eigenvalue weighted by Crippen LogP contribution is -1.81. The van der Waals surface area contributed by atoms with Crippen molar-refractivity contribution in [2.24, 2.45) is 0 Å². The van der Waals surface area contributed by atoms with E-state index in [-0.39, 0.29) is 0 Å². The highest BCUT2D eigenvalue weighted by Gasteiger charge is 2.06. The van der Waals surface area contributed by atoms with Crippen LogP contribution < -0.4 is 0 Å². The Morgan fingerprint density at radius 3 is 1.96 bits per heavy atom. The zero-order valence-electron chi connectivity index (χ0n) is 13.4. The van der Waals surface area contributed by atoms with Crippen LogP contribution in [0.2, 0.25) is 0 Å². The largest absolute Gasteiger partial charge is 0.355 e. The zero-order chi connectivity index (χ0) is 16.9. The van der Waals surface area contributed by atoms with Crippen molar-refractivity contribution in [1.82, 2.24) is 24.9 Å². The molecule has 0 aliphatic heterocycles. The summed E-state index contributed by atoms with van der Waals surface area (Å²) >= 11 is 0. The van der Waals surface area contributed by atoms with E-state index in [0.717, 1.165) is 27.9 Å². The standard InChI is InChI=1S/C20H15N5/c1-2-4-19-17(3-1)18(7-5-15-9-21-13-22-10-15)20(25-19)8-6-16-11-23-14-24-12-16/h1-14,25H/b7-5+,8-6+. The molecule has 0 fully saturated rings. The number of aromatic nitrogens is 5. The van der Waals surface area contributed by atoms with Crippen molar-refractivity contribution in [3.63, 3.8) is 0 Å². The lowest BCUT2D eigenvalue weighted by atomic mass is 10.1. The quantitative estimate of drug-likeness (QED) is 0.613. The molecular formula is C20H15N5. The van der Waals surface area contributed by atoms with Gasteiger partial charge in [0.15, 0.2) is 0 Å². The monoisotopic (exact) mass is 325 g/mol. The van der Waals surface area contributed by atoms with Gasteiger partial charge in [0.1, 0.15) is 12.7 Å². The van der Waals surface area contributed by atoms with Gasteiger partial charge in [0.05, 0.1) is 0 Å². The van der Waals surface area contributed by atoms with E-state index >= 15 is 0 Å². The van der Waals surface area contributed by atoms with Crippen molar-refractivity contribution >= 4 is 35.2 Å². The van der Waals surface area contributed by atoms with Crippen LogP contribution in [0.4, 0.5) is 0 Å². The molecule has 0 spiro atoms. The third kappa shape index (κ3) is 3.35. The van der Waals surface area contributed by atoms with Crippen molar-refractivity contribution in [2.45, 2.75) is 0 Å². The minimum atomic E-state index is 0.951. The highest BCUT2D eigenvalue weighted by Crippen LogP contribution is 2.26. The fraction of sp³-hybridized carbons (Fsp3) is 0.